The van der Waals surface area contributed by atoms with Crippen LogP contribution in [0.2, 0.25) is 5.02 Å². The van der Waals surface area contributed by atoms with E-state index >= 15 is 0 Å². The molecule has 1 saturated heterocycles. The summed E-state index contributed by atoms with van der Waals surface area (Å²) in [6, 6.07) is 8.55. The number of hydrogen-bond acceptors (Lipinski definition) is 5. The van der Waals surface area contributed by atoms with Crippen molar-refractivity contribution >= 4 is 52.2 Å². The Hall–Kier alpha value is -2.51. The minimum Gasteiger partial charge on any atom is -0.462 e. The third kappa shape index (κ3) is 4.00. The van der Waals surface area contributed by atoms with Crippen LogP contribution < -0.4 is 5.32 Å². The zero-order chi connectivity index (χ0) is 18.8. The van der Waals surface area contributed by atoms with E-state index in [4.69, 9.17) is 16.0 Å². The van der Waals surface area contributed by atoms with E-state index in [1.165, 1.54) is 6.08 Å². The van der Waals surface area contributed by atoms with Crippen LogP contribution in [0.3, 0.4) is 0 Å². The van der Waals surface area contributed by atoms with Crippen molar-refractivity contribution in [2.75, 3.05) is 11.9 Å². The van der Waals surface area contributed by atoms with Gasteiger partial charge in [0.15, 0.2) is 0 Å². The molecular formula is C18H15ClN2O4S. The molecule has 1 aromatic carbocycles. The van der Waals surface area contributed by atoms with Crippen LogP contribution in [-0.4, -0.2) is 28.5 Å². The Bertz CT molecular complexity index is 935. The zero-order valence-electron chi connectivity index (χ0n) is 14.0. The molecule has 8 heteroatoms. The Morgan fingerprint density at radius 2 is 2.04 bits per heavy atom. The maximum absolute atomic E-state index is 12.4. The van der Waals surface area contributed by atoms with Crippen LogP contribution in [-0.2, 0) is 9.59 Å². The van der Waals surface area contributed by atoms with Crippen molar-refractivity contribution in [3.05, 3.63) is 57.3 Å². The minimum absolute atomic E-state index is 0.218. The van der Waals surface area contributed by atoms with Gasteiger partial charge in [-0.15, -0.1) is 0 Å². The number of aryl methyl sites for hydroxylation is 2. The molecule has 0 atom stereocenters. The molecule has 1 aliphatic heterocycles. The summed E-state index contributed by atoms with van der Waals surface area (Å²) in [5.41, 5.74) is 1.38. The van der Waals surface area contributed by atoms with E-state index in [1.807, 2.05) is 6.92 Å². The lowest BCUT2D eigenvalue weighted by atomic mass is 10.2. The second kappa shape index (κ2) is 7.39. The van der Waals surface area contributed by atoms with E-state index in [0.29, 0.717) is 22.2 Å². The van der Waals surface area contributed by atoms with Crippen molar-refractivity contribution in [1.82, 2.24) is 4.90 Å². The number of anilines is 1. The zero-order valence-corrected chi connectivity index (χ0v) is 15.6. The van der Waals surface area contributed by atoms with E-state index < -0.39 is 17.1 Å². The highest BCUT2D eigenvalue weighted by Crippen LogP contribution is 2.32. The summed E-state index contributed by atoms with van der Waals surface area (Å²) in [5.74, 6) is 0.173. The Morgan fingerprint density at radius 3 is 2.69 bits per heavy atom. The summed E-state index contributed by atoms with van der Waals surface area (Å²) < 4.78 is 5.38. The van der Waals surface area contributed by atoms with Crippen molar-refractivity contribution < 1.29 is 18.8 Å². The fourth-order valence-electron chi connectivity index (χ4n) is 2.31. The van der Waals surface area contributed by atoms with Gasteiger partial charge in [0.1, 0.15) is 18.1 Å². The average Bonchev–Trinajstić information content (AvgIpc) is 3.09. The largest absolute Gasteiger partial charge is 0.462 e. The molecule has 0 unspecified atom stereocenters. The molecule has 0 spiro atoms. The minimum atomic E-state index is -0.522. The number of rotatable bonds is 4. The van der Waals surface area contributed by atoms with Crippen molar-refractivity contribution in [1.29, 1.82) is 0 Å². The number of benzene rings is 1. The lowest BCUT2D eigenvalue weighted by Gasteiger charge is -2.12. The first kappa shape index (κ1) is 18.3. The highest BCUT2D eigenvalue weighted by Gasteiger charge is 2.36. The van der Waals surface area contributed by atoms with E-state index in [1.54, 1.807) is 37.3 Å². The molecule has 0 radical (unpaired) electrons. The van der Waals surface area contributed by atoms with E-state index in [-0.39, 0.29) is 11.4 Å². The topological polar surface area (TPSA) is 79.6 Å². The fraction of sp³-hybridized carbons (Fsp3) is 0.167. The van der Waals surface area contributed by atoms with Gasteiger partial charge in [-0.3, -0.25) is 19.3 Å². The van der Waals surface area contributed by atoms with Gasteiger partial charge in [0.25, 0.3) is 11.1 Å². The molecule has 3 rings (SSSR count). The van der Waals surface area contributed by atoms with Gasteiger partial charge in [0.2, 0.25) is 5.91 Å². The molecule has 0 aliphatic carbocycles. The molecule has 26 heavy (non-hydrogen) atoms. The van der Waals surface area contributed by atoms with Gasteiger partial charge in [-0.1, -0.05) is 17.7 Å². The van der Waals surface area contributed by atoms with Crippen molar-refractivity contribution in [2.24, 2.45) is 0 Å². The number of imide groups is 1. The van der Waals surface area contributed by atoms with Gasteiger partial charge in [0, 0.05) is 16.8 Å². The number of carbonyl (C=O) groups is 3. The monoisotopic (exact) mass is 390 g/mol. The lowest BCUT2D eigenvalue weighted by molar-refractivity contribution is -0.127. The molecule has 6 nitrogen and oxygen atoms in total. The van der Waals surface area contributed by atoms with Gasteiger partial charge in [-0.2, -0.15) is 0 Å². The second-order valence-electron chi connectivity index (χ2n) is 5.73. The number of thioether (sulfide) groups is 1. The number of halogens is 1. The van der Waals surface area contributed by atoms with Crippen LogP contribution in [0.4, 0.5) is 10.5 Å². The van der Waals surface area contributed by atoms with Crippen LogP contribution in [0.1, 0.15) is 17.1 Å². The molecule has 1 fully saturated rings. The van der Waals surface area contributed by atoms with E-state index in [9.17, 15) is 14.4 Å². The summed E-state index contributed by atoms with van der Waals surface area (Å²) in [5, 5.41) is 2.65. The summed E-state index contributed by atoms with van der Waals surface area (Å²) in [6.45, 7) is 3.26. The maximum atomic E-state index is 12.4. The Balaban J connectivity index is 1.68. The van der Waals surface area contributed by atoms with Gasteiger partial charge in [0.05, 0.1) is 4.91 Å². The highest BCUT2D eigenvalue weighted by molar-refractivity contribution is 8.18. The van der Waals surface area contributed by atoms with Crippen LogP contribution >= 0.6 is 23.4 Å². The van der Waals surface area contributed by atoms with Crippen molar-refractivity contribution in [3.8, 4) is 0 Å². The molecular weight excluding hydrogens is 376 g/mol. The average molecular weight is 391 g/mol. The number of carbonyl (C=O) groups excluding carboxylic acids is 3. The Morgan fingerprint density at radius 1 is 1.27 bits per heavy atom. The predicted molar refractivity (Wildman–Crippen MR) is 101 cm³/mol. The van der Waals surface area contributed by atoms with E-state index in [0.717, 1.165) is 22.2 Å². The van der Waals surface area contributed by atoms with Crippen LogP contribution in [0.15, 0.2) is 39.7 Å². The summed E-state index contributed by atoms with van der Waals surface area (Å²) in [7, 11) is 0. The molecule has 2 aromatic rings. The normalized spacial score (nSPS) is 15.8. The number of amides is 3. The summed E-state index contributed by atoms with van der Waals surface area (Å²) in [4.78, 5) is 37.8. The summed E-state index contributed by atoms with van der Waals surface area (Å²) >= 11 is 6.80. The smallest absolute Gasteiger partial charge is 0.294 e. The first-order valence-electron chi connectivity index (χ1n) is 7.71. The number of nitrogens with one attached hydrogen (secondary N) is 1. The highest BCUT2D eigenvalue weighted by atomic mass is 35.5. The molecule has 1 aliphatic rings. The molecule has 134 valence electrons. The standard InChI is InChI=1S/C18H15ClN2O4S/c1-10-3-5-12(7-14(10)19)20-16(22)9-21-17(23)15(26-18(21)24)8-13-6-4-11(2)25-13/h3-8H,9H2,1-2H3,(H,20,22)/b15-8+. The quantitative estimate of drug-likeness (QED) is 0.790. The van der Waals surface area contributed by atoms with Gasteiger partial charge < -0.3 is 9.73 Å². The number of hydrogen-bond donors (Lipinski definition) is 1. The predicted octanol–water partition coefficient (Wildman–Crippen LogP) is 4.22. The molecule has 0 saturated carbocycles. The van der Waals surface area contributed by atoms with Gasteiger partial charge in [-0.05, 0) is 55.4 Å². The summed E-state index contributed by atoms with van der Waals surface area (Å²) in [6.07, 6.45) is 1.50. The number of furan rings is 1. The maximum Gasteiger partial charge on any atom is 0.294 e. The van der Waals surface area contributed by atoms with Gasteiger partial charge >= 0.3 is 0 Å². The molecule has 1 N–H and O–H groups in total. The third-order valence-corrected chi connectivity index (χ3v) is 4.98. The lowest BCUT2D eigenvalue weighted by Crippen LogP contribution is -2.36. The third-order valence-electron chi connectivity index (χ3n) is 3.67. The van der Waals surface area contributed by atoms with Crippen LogP contribution in [0.5, 0.6) is 0 Å². The fourth-order valence-corrected chi connectivity index (χ4v) is 3.31. The molecule has 3 amide bonds. The second-order valence-corrected chi connectivity index (χ2v) is 7.13. The molecule has 0 bridgehead atoms. The van der Waals surface area contributed by atoms with E-state index in [2.05, 4.69) is 5.32 Å². The van der Waals surface area contributed by atoms with Crippen LogP contribution in [0, 0.1) is 13.8 Å². The first-order chi connectivity index (χ1) is 12.3. The molecule has 1 aromatic heterocycles. The SMILES string of the molecule is Cc1ccc(/C=C2/SC(=O)N(CC(=O)Nc3ccc(C)c(Cl)c3)C2=O)o1. The Labute approximate surface area is 159 Å². The first-order valence-corrected chi connectivity index (χ1v) is 8.91. The van der Waals surface area contributed by atoms with Crippen molar-refractivity contribution in [2.45, 2.75) is 13.8 Å². The van der Waals surface area contributed by atoms with Crippen LogP contribution in [0.25, 0.3) is 6.08 Å². The number of nitrogens with zero attached hydrogens (tertiary/aromatic N) is 1. The van der Waals surface area contributed by atoms with Crippen molar-refractivity contribution in [3.63, 3.8) is 0 Å². The molecule has 2 heterocycles. The Kier molecular flexibility index (Phi) is 5.20. The van der Waals surface area contributed by atoms with Gasteiger partial charge in [-0.25, -0.2) is 0 Å².